The summed E-state index contributed by atoms with van der Waals surface area (Å²) in [4.78, 5) is 25.8. The van der Waals surface area contributed by atoms with Crippen molar-refractivity contribution in [1.82, 2.24) is 0 Å². The van der Waals surface area contributed by atoms with Crippen LogP contribution in [0.3, 0.4) is 0 Å². The first-order valence-corrected chi connectivity index (χ1v) is 15.9. The number of benzene rings is 4. The Labute approximate surface area is 290 Å². The summed E-state index contributed by atoms with van der Waals surface area (Å²) in [7, 11) is 6.21. The van der Waals surface area contributed by atoms with Gasteiger partial charge in [0, 0.05) is 18.1 Å². The molecule has 0 heterocycles. The fourth-order valence-corrected chi connectivity index (χ4v) is 5.77. The number of methoxy groups -OCH3 is 4. The van der Waals surface area contributed by atoms with E-state index < -0.39 is 11.9 Å². The van der Waals surface area contributed by atoms with Crippen LogP contribution in [0.2, 0.25) is 0 Å². The first-order chi connectivity index (χ1) is 24.0. The van der Waals surface area contributed by atoms with Crippen molar-refractivity contribution in [3.05, 3.63) is 95.1 Å². The Morgan fingerprint density at radius 2 is 0.960 bits per heavy atom. The SMILES string of the molecule is COc1ccc(C[C@@H](CCCOC(=O)c2cc(O)cc(O)c2)[C@H](COC(=O)c2cc(O)cc(O)c2)Cc2ccc(OC)c(OC)c2)cc1OC. The van der Waals surface area contributed by atoms with Crippen LogP contribution in [0.15, 0.2) is 72.8 Å². The second-order valence-electron chi connectivity index (χ2n) is 11.7. The summed E-state index contributed by atoms with van der Waals surface area (Å²) >= 11 is 0. The highest BCUT2D eigenvalue weighted by molar-refractivity contribution is 5.91. The first kappa shape index (κ1) is 37.0. The van der Waals surface area contributed by atoms with Crippen molar-refractivity contribution >= 4 is 11.9 Å². The fourth-order valence-electron chi connectivity index (χ4n) is 5.77. The average molecular weight is 691 g/mol. The van der Waals surface area contributed by atoms with Gasteiger partial charge in [-0.2, -0.15) is 0 Å². The van der Waals surface area contributed by atoms with Gasteiger partial charge >= 0.3 is 11.9 Å². The van der Waals surface area contributed by atoms with E-state index in [0.29, 0.717) is 48.7 Å². The molecule has 12 heteroatoms. The molecule has 0 bridgehead atoms. The molecule has 0 aliphatic heterocycles. The van der Waals surface area contributed by atoms with Crippen LogP contribution in [0.1, 0.15) is 44.7 Å². The van der Waals surface area contributed by atoms with Gasteiger partial charge in [-0.1, -0.05) is 12.1 Å². The number of ether oxygens (including phenoxy) is 6. The second-order valence-corrected chi connectivity index (χ2v) is 11.7. The van der Waals surface area contributed by atoms with E-state index in [1.54, 1.807) is 34.5 Å². The number of phenols is 4. The third-order valence-electron chi connectivity index (χ3n) is 8.22. The van der Waals surface area contributed by atoms with Crippen LogP contribution in [-0.2, 0) is 22.3 Å². The highest BCUT2D eigenvalue weighted by atomic mass is 16.5. The van der Waals surface area contributed by atoms with Crippen LogP contribution < -0.4 is 18.9 Å². The lowest BCUT2D eigenvalue weighted by molar-refractivity contribution is 0.0361. The van der Waals surface area contributed by atoms with Gasteiger partial charge in [-0.25, -0.2) is 9.59 Å². The molecule has 266 valence electrons. The number of carbonyl (C=O) groups excluding carboxylic acids is 2. The Morgan fingerprint density at radius 3 is 1.40 bits per heavy atom. The highest BCUT2D eigenvalue weighted by Gasteiger charge is 2.26. The molecule has 0 unspecified atom stereocenters. The summed E-state index contributed by atoms with van der Waals surface area (Å²) in [5, 5.41) is 39.4. The molecule has 4 aromatic rings. The molecule has 4 aromatic carbocycles. The first-order valence-electron chi connectivity index (χ1n) is 15.9. The Kier molecular flexibility index (Phi) is 13.0. The standard InChI is InChI=1S/C38H42O12/c1-45-33-9-7-23(14-35(33)47-3)12-25(6-5-11-49-37(43)26-16-29(39)20-30(40)17-26)28(13-24-8-10-34(46-2)36(15-24)48-4)22-50-38(44)27-18-31(41)21-32(42)19-27/h7-10,14-21,25,28,39-42H,5-6,11-13,22H2,1-4H3/t25-,28+/m1/s1. The van der Waals surface area contributed by atoms with Gasteiger partial charge in [0.1, 0.15) is 23.0 Å². The van der Waals surface area contributed by atoms with Gasteiger partial charge in [0.2, 0.25) is 0 Å². The molecule has 2 atom stereocenters. The van der Waals surface area contributed by atoms with Gasteiger partial charge < -0.3 is 48.8 Å². The molecule has 0 saturated carbocycles. The molecule has 0 aliphatic rings. The predicted octanol–water partition coefficient (Wildman–Crippen LogP) is 6.06. The van der Waals surface area contributed by atoms with Crippen LogP contribution in [0, 0.1) is 11.8 Å². The summed E-state index contributed by atoms with van der Waals surface area (Å²) in [6.45, 7) is 0.0209. The minimum Gasteiger partial charge on any atom is -0.508 e. The van der Waals surface area contributed by atoms with E-state index in [0.717, 1.165) is 23.3 Å². The van der Waals surface area contributed by atoms with Gasteiger partial charge in [0.15, 0.2) is 23.0 Å². The van der Waals surface area contributed by atoms with E-state index in [-0.39, 0.29) is 59.2 Å². The summed E-state index contributed by atoms with van der Waals surface area (Å²) in [6.07, 6.45) is 1.96. The third kappa shape index (κ3) is 10.1. The number of hydrogen-bond donors (Lipinski definition) is 4. The zero-order valence-corrected chi connectivity index (χ0v) is 28.4. The molecule has 0 radical (unpaired) electrons. The van der Waals surface area contributed by atoms with Crippen LogP contribution in [0.25, 0.3) is 0 Å². The Hall–Kier alpha value is -5.78. The van der Waals surface area contributed by atoms with Crippen molar-refractivity contribution < 1.29 is 58.4 Å². The molecule has 0 aromatic heterocycles. The van der Waals surface area contributed by atoms with Gasteiger partial charge in [-0.15, -0.1) is 0 Å². The minimum atomic E-state index is -0.721. The fraction of sp³-hybridized carbons (Fsp3) is 0.316. The maximum Gasteiger partial charge on any atom is 0.338 e. The molecular formula is C38H42O12. The number of hydrogen-bond acceptors (Lipinski definition) is 12. The van der Waals surface area contributed by atoms with Crippen LogP contribution >= 0.6 is 0 Å². The molecule has 4 N–H and O–H groups in total. The van der Waals surface area contributed by atoms with E-state index >= 15 is 0 Å². The molecule has 12 nitrogen and oxygen atoms in total. The Morgan fingerprint density at radius 1 is 0.540 bits per heavy atom. The van der Waals surface area contributed by atoms with Crippen molar-refractivity contribution in [3.8, 4) is 46.0 Å². The molecule has 0 fully saturated rings. The lowest BCUT2D eigenvalue weighted by Crippen LogP contribution is -2.27. The normalized spacial score (nSPS) is 12.0. The number of carbonyl (C=O) groups is 2. The Bertz CT molecular complexity index is 1730. The van der Waals surface area contributed by atoms with Crippen LogP contribution in [-0.4, -0.2) is 74.0 Å². The molecule has 0 amide bonds. The Balaban J connectivity index is 1.62. The van der Waals surface area contributed by atoms with E-state index in [1.165, 1.54) is 24.3 Å². The number of esters is 2. The van der Waals surface area contributed by atoms with E-state index in [2.05, 4.69) is 0 Å². The lowest BCUT2D eigenvalue weighted by Gasteiger charge is -2.28. The van der Waals surface area contributed by atoms with Crippen molar-refractivity contribution in [2.24, 2.45) is 11.8 Å². The van der Waals surface area contributed by atoms with Gasteiger partial charge in [0.05, 0.1) is 52.8 Å². The largest absolute Gasteiger partial charge is 0.508 e. The van der Waals surface area contributed by atoms with Crippen molar-refractivity contribution in [2.45, 2.75) is 25.7 Å². The van der Waals surface area contributed by atoms with Crippen molar-refractivity contribution in [1.29, 1.82) is 0 Å². The summed E-state index contributed by atoms with van der Waals surface area (Å²) in [6, 6.07) is 18.3. The zero-order chi connectivity index (χ0) is 36.2. The van der Waals surface area contributed by atoms with E-state index in [9.17, 15) is 30.0 Å². The molecule has 4 rings (SSSR count). The summed E-state index contributed by atoms with van der Waals surface area (Å²) < 4.78 is 33.2. The van der Waals surface area contributed by atoms with Crippen LogP contribution in [0.5, 0.6) is 46.0 Å². The van der Waals surface area contributed by atoms with E-state index in [1.807, 2.05) is 30.3 Å². The summed E-state index contributed by atoms with van der Waals surface area (Å²) in [5.74, 6) is -0.697. The molecular weight excluding hydrogens is 648 g/mol. The van der Waals surface area contributed by atoms with Gasteiger partial charge in [-0.05, 0) is 91.3 Å². The predicted molar refractivity (Wildman–Crippen MR) is 183 cm³/mol. The van der Waals surface area contributed by atoms with Gasteiger partial charge in [-0.3, -0.25) is 0 Å². The van der Waals surface area contributed by atoms with Gasteiger partial charge in [0.25, 0.3) is 0 Å². The van der Waals surface area contributed by atoms with Crippen molar-refractivity contribution in [2.75, 3.05) is 41.7 Å². The zero-order valence-electron chi connectivity index (χ0n) is 28.4. The molecule has 0 aliphatic carbocycles. The monoisotopic (exact) mass is 690 g/mol. The third-order valence-corrected chi connectivity index (χ3v) is 8.22. The number of phenolic OH excluding ortho intramolecular Hbond substituents is 4. The maximum absolute atomic E-state index is 13.1. The smallest absolute Gasteiger partial charge is 0.338 e. The highest BCUT2D eigenvalue weighted by Crippen LogP contribution is 2.34. The molecule has 50 heavy (non-hydrogen) atoms. The molecule has 0 saturated heterocycles. The van der Waals surface area contributed by atoms with E-state index in [4.69, 9.17) is 28.4 Å². The number of aromatic hydroxyl groups is 4. The second kappa shape index (κ2) is 17.6. The summed E-state index contributed by atoms with van der Waals surface area (Å²) in [5.41, 5.74) is 1.84. The minimum absolute atomic E-state index is 0.00583. The maximum atomic E-state index is 13.1. The average Bonchev–Trinajstić information content (AvgIpc) is 3.09. The quantitative estimate of drug-likeness (QED) is 0.0748. The topological polar surface area (TPSA) is 170 Å². The van der Waals surface area contributed by atoms with Crippen molar-refractivity contribution in [3.63, 3.8) is 0 Å². The lowest BCUT2D eigenvalue weighted by atomic mass is 9.80. The van der Waals surface area contributed by atoms with Crippen LogP contribution in [0.4, 0.5) is 0 Å². The number of rotatable bonds is 17. The molecule has 0 spiro atoms.